The minimum absolute atomic E-state index is 0.0582. The van der Waals surface area contributed by atoms with E-state index in [4.69, 9.17) is 5.11 Å². The predicted octanol–water partition coefficient (Wildman–Crippen LogP) is 2.30. The summed E-state index contributed by atoms with van der Waals surface area (Å²) in [6.45, 7) is 2.21. The third-order valence-electron chi connectivity index (χ3n) is 3.66. The molecule has 0 aromatic carbocycles. The Morgan fingerprint density at radius 1 is 1.44 bits per heavy atom. The van der Waals surface area contributed by atoms with Crippen molar-refractivity contribution in [3.63, 3.8) is 0 Å². The van der Waals surface area contributed by atoms with Gasteiger partial charge in [-0.25, -0.2) is 0 Å². The molecule has 18 heavy (non-hydrogen) atoms. The van der Waals surface area contributed by atoms with Crippen molar-refractivity contribution in [2.75, 3.05) is 5.75 Å². The molecule has 6 heteroatoms. The lowest BCUT2D eigenvalue weighted by molar-refractivity contribution is -0.133. The number of hydrogen-bond acceptors (Lipinski definition) is 4. The van der Waals surface area contributed by atoms with Gasteiger partial charge >= 0.3 is 5.97 Å². The summed E-state index contributed by atoms with van der Waals surface area (Å²) in [7, 11) is 0. The lowest BCUT2D eigenvalue weighted by Gasteiger charge is -2.13. The van der Waals surface area contributed by atoms with Crippen molar-refractivity contribution in [2.45, 2.75) is 49.7 Å². The molecular formula is C12H17N3O2S. The zero-order chi connectivity index (χ0) is 12.7. The smallest absolute Gasteiger partial charge is 0.313 e. The van der Waals surface area contributed by atoms with Crippen molar-refractivity contribution in [1.82, 2.24) is 14.8 Å². The Kier molecular flexibility index (Phi) is 3.05. The van der Waals surface area contributed by atoms with Gasteiger partial charge < -0.3 is 9.67 Å². The number of rotatable bonds is 6. The Labute approximate surface area is 110 Å². The summed E-state index contributed by atoms with van der Waals surface area (Å²) in [6.07, 6.45) is 4.92. The molecule has 2 aliphatic carbocycles. The van der Waals surface area contributed by atoms with Crippen LogP contribution >= 0.6 is 11.8 Å². The van der Waals surface area contributed by atoms with E-state index in [-0.39, 0.29) is 5.75 Å². The standard InChI is InChI=1S/C12H17N3O2S/c1-7(8-2-3-8)11-13-14-12(18-6-10(16)17)15(11)9-4-5-9/h7-9H,2-6H2,1H3,(H,16,17). The highest BCUT2D eigenvalue weighted by Gasteiger charge is 2.36. The van der Waals surface area contributed by atoms with E-state index in [0.717, 1.165) is 16.9 Å². The summed E-state index contributed by atoms with van der Waals surface area (Å²) in [5, 5.41) is 18.0. The molecule has 1 N–H and O–H groups in total. The Balaban J connectivity index is 1.82. The number of carbonyl (C=O) groups is 1. The summed E-state index contributed by atoms with van der Waals surface area (Å²) in [4.78, 5) is 10.7. The number of aliphatic carboxylic acids is 1. The Morgan fingerprint density at radius 3 is 2.72 bits per heavy atom. The average molecular weight is 267 g/mol. The van der Waals surface area contributed by atoms with Crippen LogP contribution < -0.4 is 0 Å². The average Bonchev–Trinajstić information content (AvgIpc) is 3.22. The van der Waals surface area contributed by atoms with Gasteiger partial charge in [0.05, 0.1) is 5.75 Å². The molecule has 2 aliphatic rings. The highest BCUT2D eigenvalue weighted by Crippen LogP contribution is 2.46. The third-order valence-corrected chi connectivity index (χ3v) is 4.59. The molecule has 0 bridgehead atoms. The first-order chi connectivity index (χ1) is 8.66. The van der Waals surface area contributed by atoms with Gasteiger partial charge in [-0.15, -0.1) is 10.2 Å². The monoisotopic (exact) mass is 267 g/mol. The first-order valence-corrected chi connectivity index (χ1v) is 7.44. The maximum Gasteiger partial charge on any atom is 0.313 e. The quantitative estimate of drug-likeness (QED) is 0.801. The normalized spacial score (nSPS) is 20.9. The molecule has 0 amide bonds. The summed E-state index contributed by atoms with van der Waals surface area (Å²) >= 11 is 1.28. The van der Waals surface area contributed by atoms with Gasteiger partial charge in [0, 0.05) is 12.0 Å². The van der Waals surface area contributed by atoms with Crippen LogP contribution in [-0.4, -0.2) is 31.6 Å². The van der Waals surface area contributed by atoms with E-state index in [2.05, 4.69) is 21.7 Å². The van der Waals surface area contributed by atoms with Gasteiger partial charge in [-0.2, -0.15) is 0 Å². The first-order valence-electron chi connectivity index (χ1n) is 6.46. The van der Waals surface area contributed by atoms with Crippen molar-refractivity contribution in [1.29, 1.82) is 0 Å². The zero-order valence-electron chi connectivity index (χ0n) is 10.4. The van der Waals surface area contributed by atoms with Crippen LogP contribution in [0.15, 0.2) is 5.16 Å². The van der Waals surface area contributed by atoms with Gasteiger partial charge in [0.1, 0.15) is 5.82 Å². The van der Waals surface area contributed by atoms with Crippen molar-refractivity contribution in [3.05, 3.63) is 5.82 Å². The van der Waals surface area contributed by atoms with Crippen LogP contribution in [0.5, 0.6) is 0 Å². The van der Waals surface area contributed by atoms with Crippen LogP contribution in [0.2, 0.25) is 0 Å². The Morgan fingerprint density at radius 2 is 2.17 bits per heavy atom. The molecule has 2 fully saturated rings. The molecule has 0 saturated heterocycles. The van der Waals surface area contributed by atoms with Gasteiger partial charge in [0.2, 0.25) is 0 Å². The first kappa shape index (κ1) is 12.0. The Bertz CT molecular complexity index is 466. The summed E-state index contributed by atoms with van der Waals surface area (Å²) in [5.74, 6) is 1.53. The van der Waals surface area contributed by atoms with Crippen molar-refractivity contribution in [3.8, 4) is 0 Å². The zero-order valence-corrected chi connectivity index (χ0v) is 11.2. The van der Waals surface area contributed by atoms with Crippen LogP contribution in [0, 0.1) is 5.92 Å². The van der Waals surface area contributed by atoms with Crippen molar-refractivity contribution >= 4 is 17.7 Å². The molecule has 1 aromatic heterocycles. The Hall–Kier alpha value is -1.04. The van der Waals surface area contributed by atoms with Crippen LogP contribution in [0.25, 0.3) is 0 Å². The number of aromatic nitrogens is 3. The molecule has 98 valence electrons. The van der Waals surface area contributed by atoms with E-state index in [1.54, 1.807) is 0 Å². The number of hydrogen-bond donors (Lipinski definition) is 1. The predicted molar refractivity (Wildman–Crippen MR) is 67.8 cm³/mol. The molecule has 1 unspecified atom stereocenters. The van der Waals surface area contributed by atoms with Gasteiger partial charge in [-0.3, -0.25) is 4.79 Å². The third kappa shape index (κ3) is 2.39. The van der Waals surface area contributed by atoms with Gasteiger partial charge in [-0.05, 0) is 31.6 Å². The van der Waals surface area contributed by atoms with Gasteiger partial charge in [-0.1, -0.05) is 18.7 Å². The second kappa shape index (κ2) is 4.57. The van der Waals surface area contributed by atoms with Crippen LogP contribution in [-0.2, 0) is 4.79 Å². The van der Waals surface area contributed by atoms with Crippen molar-refractivity contribution < 1.29 is 9.90 Å². The molecule has 1 aromatic rings. The second-order valence-electron chi connectivity index (χ2n) is 5.25. The van der Waals surface area contributed by atoms with E-state index in [1.807, 2.05) is 0 Å². The lowest BCUT2D eigenvalue weighted by atomic mass is 10.1. The highest BCUT2D eigenvalue weighted by molar-refractivity contribution is 7.99. The highest BCUT2D eigenvalue weighted by atomic mass is 32.2. The van der Waals surface area contributed by atoms with E-state index >= 15 is 0 Å². The fourth-order valence-corrected chi connectivity index (χ4v) is 3.04. The fourth-order valence-electron chi connectivity index (χ4n) is 2.31. The number of carboxylic acid groups (broad SMARTS) is 1. The van der Waals surface area contributed by atoms with E-state index in [1.165, 1.54) is 37.4 Å². The molecule has 2 saturated carbocycles. The van der Waals surface area contributed by atoms with Crippen LogP contribution in [0.3, 0.4) is 0 Å². The topological polar surface area (TPSA) is 68.0 Å². The fraction of sp³-hybridized carbons (Fsp3) is 0.750. The molecule has 0 radical (unpaired) electrons. The largest absolute Gasteiger partial charge is 0.481 e. The SMILES string of the molecule is CC(c1nnc(SCC(=O)O)n1C1CC1)C1CC1. The molecular weight excluding hydrogens is 250 g/mol. The van der Waals surface area contributed by atoms with Crippen LogP contribution in [0.4, 0.5) is 0 Å². The van der Waals surface area contributed by atoms with E-state index in [9.17, 15) is 4.79 Å². The molecule has 0 spiro atoms. The molecule has 1 heterocycles. The minimum Gasteiger partial charge on any atom is -0.481 e. The maximum atomic E-state index is 10.7. The second-order valence-corrected chi connectivity index (χ2v) is 6.19. The van der Waals surface area contributed by atoms with E-state index < -0.39 is 5.97 Å². The van der Waals surface area contributed by atoms with Gasteiger partial charge in [0.15, 0.2) is 5.16 Å². The number of thioether (sulfide) groups is 1. The van der Waals surface area contributed by atoms with E-state index in [0.29, 0.717) is 12.0 Å². The van der Waals surface area contributed by atoms with Crippen molar-refractivity contribution in [2.24, 2.45) is 5.92 Å². The van der Waals surface area contributed by atoms with Crippen LogP contribution in [0.1, 0.15) is 50.4 Å². The van der Waals surface area contributed by atoms with Gasteiger partial charge in [0.25, 0.3) is 0 Å². The molecule has 3 rings (SSSR count). The molecule has 5 nitrogen and oxygen atoms in total. The summed E-state index contributed by atoms with van der Waals surface area (Å²) in [5.41, 5.74) is 0. The molecule has 1 atom stereocenters. The maximum absolute atomic E-state index is 10.7. The minimum atomic E-state index is -0.804. The number of carboxylic acids is 1. The summed E-state index contributed by atoms with van der Waals surface area (Å²) < 4.78 is 2.19. The molecule has 0 aliphatic heterocycles. The lowest BCUT2D eigenvalue weighted by Crippen LogP contribution is -2.09. The summed E-state index contributed by atoms with van der Waals surface area (Å²) in [6, 6.07) is 0.507. The number of nitrogens with zero attached hydrogens (tertiary/aromatic N) is 3.